The summed E-state index contributed by atoms with van der Waals surface area (Å²) in [6.07, 6.45) is 1.25. The first-order valence-corrected chi connectivity index (χ1v) is 13.3. The minimum Gasteiger partial charge on any atom is -0.357 e. The predicted octanol–water partition coefficient (Wildman–Crippen LogP) is 3.29. The Labute approximate surface area is 211 Å². The van der Waals surface area contributed by atoms with E-state index in [1.54, 1.807) is 18.2 Å². The molecule has 3 rings (SSSR count). The van der Waals surface area contributed by atoms with Gasteiger partial charge in [-0.2, -0.15) is 0 Å². The largest absolute Gasteiger partial charge is 0.357 e. The predicted molar refractivity (Wildman–Crippen MR) is 138 cm³/mol. The standard InChI is InChI=1S/C27H30FN3O4S/c1-20-8-7-11-24(16-20)31(36(3,34)35)19-26(32)30(18-22-12-14-23(28)15-13-22)25(27(33)29-2)17-21-9-5-4-6-10-21/h4-16,25H,17-19H2,1-3H3,(H,29,33)/t25-/m1/s1. The van der Waals surface area contributed by atoms with E-state index >= 15 is 0 Å². The van der Waals surface area contributed by atoms with E-state index in [0.717, 1.165) is 21.7 Å². The maximum Gasteiger partial charge on any atom is 0.244 e. The molecule has 190 valence electrons. The zero-order valence-corrected chi connectivity index (χ0v) is 21.3. The molecule has 9 heteroatoms. The first-order chi connectivity index (χ1) is 17.1. The van der Waals surface area contributed by atoms with Crippen molar-refractivity contribution in [1.29, 1.82) is 0 Å². The summed E-state index contributed by atoms with van der Waals surface area (Å²) < 4.78 is 39.9. The molecule has 1 N–H and O–H groups in total. The van der Waals surface area contributed by atoms with Crippen LogP contribution in [0.4, 0.5) is 10.1 Å². The molecule has 2 amide bonds. The van der Waals surface area contributed by atoms with Crippen molar-refractivity contribution in [2.45, 2.75) is 25.9 Å². The highest BCUT2D eigenvalue weighted by Crippen LogP contribution is 2.21. The van der Waals surface area contributed by atoms with Gasteiger partial charge in [0.15, 0.2) is 0 Å². The number of carbonyl (C=O) groups is 2. The van der Waals surface area contributed by atoms with Crippen LogP contribution >= 0.6 is 0 Å². The third-order valence-electron chi connectivity index (χ3n) is 5.75. The van der Waals surface area contributed by atoms with Gasteiger partial charge in [0.05, 0.1) is 11.9 Å². The summed E-state index contributed by atoms with van der Waals surface area (Å²) in [6.45, 7) is 1.33. The van der Waals surface area contributed by atoms with Gasteiger partial charge in [-0.1, -0.05) is 54.6 Å². The summed E-state index contributed by atoms with van der Waals surface area (Å²) in [7, 11) is -2.33. The van der Waals surface area contributed by atoms with Crippen LogP contribution in [0.15, 0.2) is 78.9 Å². The number of carbonyl (C=O) groups excluding carboxylic acids is 2. The Bertz CT molecular complexity index is 1300. The van der Waals surface area contributed by atoms with Crippen molar-refractivity contribution in [2.75, 3.05) is 24.2 Å². The Morgan fingerprint density at radius 2 is 1.61 bits per heavy atom. The summed E-state index contributed by atoms with van der Waals surface area (Å²) in [5.74, 6) is -1.38. The van der Waals surface area contributed by atoms with E-state index in [-0.39, 0.29) is 13.0 Å². The molecule has 3 aromatic carbocycles. The summed E-state index contributed by atoms with van der Waals surface area (Å²) in [4.78, 5) is 28.1. The Morgan fingerprint density at radius 1 is 0.944 bits per heavy atom. The number of sulfonamides is 1. The second-order valence-corrected chi connectivity index (χ2v) is 10.5. The van der Waals surface area contributed by atoms with E-state index in [1.165, 1.54) is 36.2 Å². The van der Waals surface area contributed by atoms with Crippen molar-refractivity contribution < 1.29 is 22.4 Å². The molecule has 0 heterocycles. The van der Waals surface area contributed by atoms with Crippen molar-refractivity contribution in [3.63, 3.8) is 0 Å². The molecule has 1 atom stereocenters. The van der Waals surface area contributed by atoms with Crippen LogP contribution in [0.2, 0.25) is 0 Å². The molecule has 7 nitrogen and oxygen atoms in total. The van der Waals surface area contributed by atoms with Gasteiger partial charge < -0.3 is 10.2 Å². The smallest absolute Gasteiger partial charge is 0.244 e. The summed E-state index contributed by atoms with van der Waals surface area (Å²) in [5.41, 5.74) is 2.63. The zero-order valence-electron chi connectivity index (χ0n) is 20.5. The number of hydrogen-bond donors (Lipinski definition) is 1. The van der Waals surface area contributed by atoms with Crippen molar-refractivity contribution in [2.24, 2.45) is 0 Å². The maximum absolute atomic E-state index is 13.7. The monoisotopic (exact) mass is 511 g/mol. The molecule has 0 unspecified atom stereocenters. The number of aryl methyl sites for hydroxylation is 1. The van der Waals surface area contributed by atoms with Crippen LogP contribution in [0.3, 0.4) is 0 Å². The quantitative estimate of drug-likeness (QED) is 0.453. The van der Waals surface area contributed by atoms with Gasteiger partial charge in [-0.25, -0.2) is 12.8 Å². The minimum absolute atomic E-state index is 0.00451. The van der Waals surface area contributed by atoms with Crippen LogP contribution in [0.1, 0.15) is 16.7 Å². The summed E-state index contributed by atoms with van der Waals surface area (Å²) in [6, 6.07) is 20.8. The molecule has 0 aliphatic carbocycles. The number of halogens is 1. The Kier molecular flexibility index (Phi) is 8.82. The van der Waals surface area contributed by atoms with Gasteiger partial charge in [-0.15, -0.1) is 0 Å². The van der Waals surface area contributed by atoms with Gasteiger partial charge in [0.1, 0.15) is 18.4 Å². The molecule has 0 saturated carbocycles. The highest BCUT2D eigenvalue weighted by Gasteiger charge is 2.32. The first kappa shape index (κ1) is 26.9. The first-order valence-electron chi connectivity index (χ1n) is 11.4. The Morgan fingerprint density at radius 3 is 2.19 bits per heavy atom. The molecule has 0 saturated heterocycles. The van der Waals surface area contributed by atoms with Crippen molar-refractivity contribution in [3.05, 3.63) is 101 Å². The average molecular weight is 512 g/mol. The van der Waals surface area contributed by atoms with Gasteiger partial charge in [0, 0.05) is 20.0 Å². The Hall–Kier alpha value is -3.72. The van der Waals surface area contributed by atoms with Crippen LogP contribution in [0, 0.1) is 12.7 Å². The van der Waals surface area contributed by atoms with E-state index < -0.39 is 40.2 Å². The number of rotatable bonds is 10. The van der Waals surface area contributed by atoms with Gasteiger partial charge >= 0.3 is 0 Å². The fourth-order valence-corrected chi connectivity index (χ4v) is 4.75. The van der Waals surface area contributed by atoms with Crippen LogP contribution in [0.5, 0.6) is 0 Å². The third-order valence-corrected chi connectivity index (χ3v) is 6.89. The number of amides is 2. The number of likely N-dealkylation sites (N-methyl/N-ethyl adjacent to an activating group) is 1. The highest BCUT2D eigenvalue weighted by molar-refractivity contribution is 7.92. The van der Waals surface area contributed by atoms with E-state index in [0.29, 0.717) is 11.3 Å². The lowest BCUT2D eigenvalue weighted by Gasteiger charge is -2.33. The lowest BCUT2D eigenvalue weighted by molar-refractivity contribution is -0.139. The van der Waals surface area contributed by atoms with Crippen LogP contribution in [-0.4, -0.2) is 51.0 Å². The normalized spacial score (nSPS) is 12.0. The van der Waals surface area contributed by atoms with Crippen LogP contribution < -0.4 is 9.62 Å². The van der Waals surface area contributed by atoms with Gasteiger partial charge in [-0.05, 0) is 47.9 Å². The molecule has 0 aliphatic heterocycles. The molecule has 0 aliphatic rings. The molecule has 0 aromatic heterocycles. The molecule has 0 fully saturated rings. The van der Waals surface area contributed by atoms with E-state index in [1.807, 2.05) is 43.3 Å². The van der Waals surface area contributed by atoms with E-state index in [2.05, 4.69) is 5.32 Å². The number of nitrogens with one attached hydrogen (secondary N) is 1. The second-order valence-electron chi connectivity index (χ2n) is 8.58. The number of benzene rings is 3. The Balaban J connectivity index is 2.01. The molecule has 0 radical (unpaired) electrons. The minimum atomic E-state index is -3.82. The third kappa shape index (κ3) is 7.14. The second kappa shape index (κ2) is 11.8. The zero-order chi connectivity index (χ0) is 26.3. The maximum atomic E-state index is 13.7. The molecular weight excluding hydrogens is 481 g/mol. The van der Waals surface area contributed by atoms with Crippen LogP contribution in [-0.2, 0) is 32.6 Å². The lowest BCUT2D eigenvalue weighted by Crippen LogP contribution is -2.52. The average Bonchev–Trinajstić information content (AvgIpc) is 2.85. The molecule has 0 bridgehead atoms. The number of anilines is 1. The number of hydrogen-bond acceptors (Lipinski definition) is 4. The van der Waals surface area contributed by atoms with Crippen molar-refractivity contribution in [3.8, 4) is 0 Å². The van der Waals surface area contributed by atoms with Crippen LogP contribution in [0.25, 0.3) is 0 Å². The molecular formula is C27H30FN3O4S. The summed E-state index contributed by atoms with van der Waals surface area (Å²) >= 11 is 0. The fourth-order valence-electron chi connectivity index (χ4n) is 3.90. The molecule has 3 aromatic rings. The SMILES string of the molecule is CNC(=O)[C@@H](Cc1ccccc1)N(Cc1ccc(F)cc1)C(=O)CN(c1cccc(C)c1)S(C)(=O)=O. The van der Waals surface area contributed by atoms with E-state index in [9.17, 15) is 22.4 Å². The van der Waals surface area contributed by atoms with Crippen molar-refractivity contribution >= 4 is 27.5 Å². The lowest BCUT2D eigenvalue weighted by atomic mass is 10.0. The van der Waals surface area contributed by atoms with E-state index in [4.69, 9.17) is 0 Å². The van der Waals surface area contributed by atoms with Gasteiger partial charge in [0.25, 0.3) is 0 Å². The van der Waals surface area contributed by atoms with Gasteiger partial charge in [0.2, 0.25) is 21.8 Å². The number of nitrogens with zero attached hydrogens (tertiary/aromatic N) is 2. The van der Waals surface area contributed by atoms with Gasteiger partial charge in [-0.3, -0.25) is 13.9 Å². The van der Waals surface area contributed by atoms with Crippen molar-refractivity contribution in [1.82, 2.24) is 10.2 Å². The fraction of sp³-hybridized carbons (Fsp3) is 0.259. The summed E-state index contributed by atoms with van der Waals surface area (Å²) in [5, 5.41) is 2.61. The molecule has 36 heavy (non-hydrogen) atoms. The topological polar surface area (TPSA) is 86.8 Å². The highest BCUT2D eigenvalue weighted by atomic mass is 32.2. The molecule has 0 spiro atoms.